The van der Waals surface area contributed by atoms with E-state index in [1.54, 1.807) is 0 Å². The second-order valence-electron chi connectivity index (χ2n) is 9.67. The smallest absolute Gasteiger partial charge is 0.0967 e. The van der Waals surface area contributed by atoms with Gasteiger partial charge in [0.2, 0.25) is 0 Å². The summed E-state index contributed by atoms with van der Waals surface area (Å²) in [6, 6.07) is 41.4. The molecule has 1 fully saturated rings. The van der Waals surface area contributed by atoms with Crippen molar-refractivity contribution in [1.82, 2.24) is 0 Å². The molecule has 40 heavy (non-hydrogen) atoms. The van der Waals surface area contributed by atoms with E-state index in [0.717, 1.165) is 21.9 Å². The SMILES string of the molecule is C[C@H]1[C@H](c2ccccc2)O[Si-]2(c3ccccc3)(OC(c3ccccc3)=N/[N+]2=C\c2ccccc2)[NH+]1C.ClCCl.[Cl-]. The van der Waals surface area contributed by atoms with E-state index in [2.05, 4.69) is 80.8 Å². The van der Waals surface area contributed by atoms with Gasteiger partial charge in [0.1, 0.15) is 0 Å². The number of hydrogen-bond donors (Lipinski definition) is 1. The molecule has 1 spiro atoms. The van der Waals surface area contributed by atoms with Crippen LogP contribution in [0.1, 0.15) is 29.7 Å². The molecular formula is C31H32Cl3N3O2Si. The average Bonchev–Trinajstić information content (AvgIpc) is 3.45. The van der Waals surface area contributed by atoms with Crippen molar-refractivity contribution in [3.8, 4) is 0 Å². The Labute approximate surface area is 252 Å². The van der Waals surface area contributed by atoms with Crippen molar-refractivity contribution in [3.63, 3.8) is 0 Å². The number of nitrogens with one attached hydrogen (secondary N) is 1. The molecule has 9 heteroatoms. The number of halogens is 3. The summed E-state index contributed by atoms with van der Waals surface area (Å²) >= 11 is 9.53. The number of likely N-dealkylation sites (N-methyl/N-ethyl adjacent to an activating group) is 1. The zero-order valence-corrected chi connectivity index (χ0v) is 25.6. The van der Waals surface area contributed by atoms with Gasteiger partial charge in [0.25, 0.3) is 0 Å². The molecule has 1 saturated heterocycles. The van der Waals surface area contributed by atoms with Gasteiger partial charge < -0.3 is 12.4 Å². The van der Waals surface area contributed by atoms with Crippen LogP contribution in [0, 0.1) is 0 Å². The maximum absolute atomic E-state index is 7.40. The van der Waals surface area contributed by atoms with Crippen LogP contribution >= 0.6 is 23.2 Å². The fourth-order valence-electron chi connectivity index (χ4n) is 5.58. The van der Waals surface area contributed by atoms with E-state index in [0.29, 0.717) is 5.90 Å². The molecule has 2 heterocycles. The third kappa shape index (κ3) is 5.12. The van der Waals surface area contributed by atoms with Gasteiger partial charge in [-0.15, -0.1) is 23.2 Å². The van der Waals surface area contributed by atoms with Crippen molar-refractivity contribution in [3.05, 3.63) is 138 Å². The minimum Gasteiger partial charge on any atom is -1.00 e. The van der Waals surface area contributed by atoms with Crippen LogP contribution in [0.25, 0.3) is 0 Å². The third-order valence-corrected chi connectivity index (χ3v) is 13.1. The number of hydrazone groups is 1. The first-order valence-corrected chi connectivity index (χ1v) is 16.3. The molecule has 1 N–H and O–H groups in total. The molecule has 0 aromatic heterocycles. The summed E-state index contributed by atoms with van der Waals surface area (Å²) in [7, 11) is -2.06. The number of benzene rings is 4. The van der Waals surface area contributed by atoms with E-state index in [-0.39, 0.29) is 29.9 Å². The van der Waals surface area contributed by atoms with Crippen LogP contribution in [-0.2, 0) is 8.85 Å². The van der Waals surface area contributed by atoms with Gasteiger partial charge in [-0.25, -0.2) is 0 Å². The molecule has 4 aromatic carbocycles. The largest absolute Gasteiger partial charge is 1.00 e. The number of rotatable bonds is 4. The topological polar surface area (TPSA) is 38.3 Å². The van der Waals surface area contributed by atoms with Crippen LogP contribution in [0.2, 0.25) is 0 Å². The van der Waals surface area contributed by atoms with Gasteiger partial charge in [0, 0.05) is 0 Å². The Bertz CT molecular complexity index is 1460. The van der Waals surface area contributed by atoms with Crippen molar-refractivity contribution < 1.29 is 30.2 Å². The van der Waals surface area contributed by atoms with E-state index in [1.807, 2.05) is 65.0 Å². The minimum absolute atomic E-state index is 0. The molecule has 2 aliphatic heterocycles. The Kier molecular flexibility index (Phi) is 9.51. The second-order valence-corrected chi connectivity index (χ2v) is 14.8. The Morgan fingerprint density at radius 2 is 1.32 bits per heavy atom. The Hall–Kier alpha value is -2.97. The minimum atomic E-state index is -4.26. The Morgan fingerprint density at radius 3 is 1.90 bits per heavy atom. The van der Waals surface area contributed by atoms with Crippen LogP contribution in [0.4, 0.5) is 0 Å². The van der Waals surface area contributed by atoms with Gasteiger partial charge in [-0.3, -0.25) is 0 Å². The van der Waals surface area contributed by atoms with Crippen LogP contribution < -0.4 is 22.2 Å². The summed E-state index contributed by atoms with van der Waals surface area (Å²) in [5.41, 5.74) is 3.11. The van der Waals surface area contributed by atoms with E-state index < -0.39 is 8.16 Å². The molecule has 5 nitrogen and oxygen atoms in total. The van der Waals surface area contributed by atoms with Gasteiger partial charge in [0.15, 0.2) is 0 Å². The van der Waals surface area contributed by atoms with E-state index in [1.165, 1.54) is 4.57 Å². The van der Waals surface area contributed by atoms with Gasteiger partial charge in [-0.2, -0.15) is 0 Å². The van der Waals surface area contributed by atoms with Crippen LogP contribution in [-0.4, -0.2) is 43.1 Å². The molecule has 6 rings (SSSR count). The van der Waals surface area contributed by atoms with E-state index >= 15 is 0 Å². The summed E-state index contributed by atoms with van der Waals surface area (Å²) in [6.45, 7) is 2.24. The molecule has 4 aromatic rings. The first-order chi connectivity index (χ1) is 19.0. The summed E-state index contributed by atoms with van der Waals surface area (Å²) in [5, 5.41) is 6.37. The zero-order valence-electron chi connectivity index (χ0n) is 22.3. The molecule has 0 bridgehead atoms. The van der Waals surface area contributed by atoms with Crippen LogP contribution in [0.3, 0.4) is 0 Å². The molecule has 3 atom stereocenters. The zero-order chi connectivity index (χ0) is 27.3. The fraction of sp³-hybridized carbons (Fsp3) is 0.161. The average molecular weight is 613 g/mol. The first-order valence-electron chi connectivity index (χ1n) is 13.0. The van der Waals surface area contributed by atoms with Crippen LogP contribution in [0.15, 0.2) is 126 Å². The molecule has 0 radical (unpaired) electrons. The van der Waals surface area contributed by atoms with Gasteiger partial charge in [0.05, 0.1) is 5.34 Å². The standard InChI is InChI=1S/C30H30N3O2Si.CH2Cl2.ClH/c1-24-29(26-17-9-4-10-18-26)34-36(32(24)2,28-21-13-6-14-22-28)33(23-25-15-7-3-8-16-25)31-30(35-36)27-19-11-5-12-20-27;2-1-3;/h3-24,29,32H,1-2H3;1H2;1H/q+1;;/p-1/b33-23+;;/t24-,29+;;/m0../s1. The van der Waals surface area contributed by atoms with Gasteiger partial charge in [-0.1, -0.05) is 0 Å². The Morgan fingerprint density at radius 1 is 0.825 bits per heavy atom. The Balaban J connectivity index is 0.000000886. The van der Waals surface area contributed by atoms with Crippen molar-refractivity contribution in [1.29, 1.82) is 0 Å². The van der Waals surface area contributed by atoms with Gasteiger partial charge in [-0.05, 0) is 0 Å². The quantitative estimate of drug-likeness (QED) is 0.283. The summed E-state index contributed by atoms with van der Waals surface area (Å²) < 4.78 is 17.9. The molecule has 208 valence electrons. The van der Waals surface area contributed by atoms with Crippen molar-refractivity contribution in [2.75, 3.05) is 12.4 Å². The number of quaternary nitrogens is 1. The number of alkyl halides is 2. The number of nitrogens with zero attached hydrogens (tertiary/aromatic N) is 2. The summed E-state index contributed by atoms with van der Waals surface area (Å²) in [6.07, 6.45) is 1.93. The molecule has 0 saturated carbocycles. The molecule has 0 aliphatic carbocycles. The van der Waals surface area contributed by atoms with Gasteiger partial charge >= 0.3 is 212 Å². The maximum Gasteiger partial charge on any atom is 0.0967 e. The third-order valence-electron chi connectivity index (χ3n) is 7.58. The normalized spacial score (nSPS) is 24.0. The number of hydrogen-bond acceptors (Lipinski definition) is 3. The van der Waals surface area contributed by atoms with Crippen molar-refractivity contribution >= 4 is 48.7 Å². The molecule has 1 unspecified atom stereocenters. The first kappa shape index (κ1) is 30.0. The molecule has 0 amide bonds. The summed E-state index contributed by atoms with van der Waals surface area (Å²) in [5.74, 6) is 0.584. The maximum atomic E-state index is 7.40. The fourth-order valence-corrected chi connectivity index (χ4v) is 11.2. The monoisotopic (exact) mass is 611 g/mol. The molecular weight excluding hydrogens is 581 g/mol. The second kappa shape index (κ2) is 12.7. The summed E-state index contributed by atoms with van der Waals surface area (Å²) in [4.78, 5) is 0. The van der Waals surface area contributed by atoms with Crippen LogP contribution in [0.5, 0.6) is 0 Å². The predicted octanol–water partition coefficient (Wildman–Crippen LogP) is 1.91. The van der Waals surface area contributed by atoms with E-state index in [4.69, 9.17) is 37.2 Å². The van der Waals surface area contributed by atoms with E-state index in [9.17, 15) is 0 Å². The predicted molar refractivity (Wildman–Crippen MR) is 161 cm³/mol. The molecule has 2 aliphatic rings. The van der Waals surface area contributed by atoms with Crippen molar-refractivity contribution in [2.24, 2.45) is 5.10 Å². The van der Waals surface area contributed by atoms with Crippen molar-refractivity contribution in [2.45, 2.75) is 19.1 Å².